The van der Waals surface area contributed by atoms with Crippen LogP contribution < -0.4 is 4.40 Å². The molecule has 0 unspecified atom stereocenters. The van der Waals surface area contributed by atoms with Gasteiger partial charge in [-0.1, -0.05) is 133 Å². The van der Waals surface area contributed by atoms with Crippen LogP contribution in [0.5, 0.6) is 0 Å². The van der Waals surface area contributed by atoms with Crippen LogP contribution in [0.15, 0.2) is 138 Å². The van der Waals surface area contributed by atoms with Gasteiger partial charge >= 0.3 is 104 Å². The Morgan fingerprint density at radius 3 is 2.02 bits per heavy atom. The molecule has 0 aliphatic carbocycles. The van der Waals surface area contributed by atoms with Crippen molar-refractivity contribution in [3.05, 3.63) is 168 Å². The molecule has 9 aromatic rings. The maximum atomic E-state index is 12.8. The quantitative estimate of drug-likeness (QED) is 0.118. The number of halogens is 1. The van der Waals surface area contributed by atoms with Gasteiger partial charge in [0.1, 0.15) is 5.58 Å². The number of rotatable bonds is 7. The molecule has 7 heteroatoms. The van der Waals surface area contributed by atoms with Gasteiger partial charge in [-0.15, -0.1) is 11.6 Å². The normalized spacial score (nSPS) is 12.0. The standard InChI is InChI=1S/C41H39N2O.C14H15FGeN.Ir/c1-25(2)31-23-29(41(5,6)7)24-32(26(3)4)39(31)43-35-19-13-12-18-34(35)42-40(43)28-21-33(27-15-9-8-10-16-27)38-30-17-11-14-20-36(30)44-37(38)22-28;1-16(2,3)13-8-9-14(17-10-13)11-4-6-12(15)7-5-11;/h8-21,23-26H,1-7H3;4,6-10H,1-3H3;/q2*-1;. The number of hydrogen-bond acceptors (Lipinski definition) is 3. The fourth-order valence-corrected chi connectivity index (χ4v) is 10.2. The molecular weight excluding hydrogens is 1000 g/mol. The molecule has 0 saturated heterocycles. The molecule has 0 atom stereocenters. The molecule has 0 saturated carbocycles. The number of furan rings is 1. The van der Waals surface area contributed by atoms with E-state index in [1.807, 2.05) is 24.4 Å². The predicted octanol–water partition coefficient (Wildman–Crippen LogP) is 14.8. The first kappa shape index (κ1) is 44.9. The third kappa shape index (κ3) is 9.02. The van der Waals surface area contributed by atoms with Crippen LogP contribution in [0.2, 0.25) is 17.3 Å². The number of aromatic nitrogens is 3. The van der Waals surface area contributed by atoms with Crippen LogP contribution in [0.3, 0.4) is 0 Å². The summed E-state index contributed by atoms with van der Waals surface area (Å²) in [5.74, 6) is 8.25. The van der Waals surface area contributed by atoms with Gasteiger partial charge in [-0.2, -0.15) is 0 Å². The Bertz CT molecular complexity index is 2960. The van der Waals surface area contributed by atoms with Crippen LogP contribution in [0, 0.1) is 17.9 Å². The van der Waals surface area contributed by atoms with Crippen molar-refractivity contribution in [2.45, 2.75) is 83.0 Å². The van der Waals surface area contributed by atoms with E-state index in [1.165, 1.54) is 38.9 Å². The molecule has 4 nitrogen and oxygen atoms in total. The van der Waals surface area contributed by atoms with Crippen molar-refractivity contribution in [1.29, 1.82) is 0 Å². The molecule has 6 aromatic carbocycles. The first-order valence-corrected chi connectivity index (χ1v) is 28.7. The van der Waals surface area contributed by atoms with Gasteiger partial charge in [-0.3, -0.25) is 4.98 Å². The summed E-state index contributed by atoms with van der Waals surface area (Å²) in [5, 5.41) is 2.18. The summed E-state index contributed by atoms with van der Waals surface area (Å²) in [7, 11) is 0. The second-order valence-electron chi connectivity index (χ2n) is 18.7. The van der Waals surface area contributed by atoms with Crippen LogP contribution in [0.25, 0.3) is 72.4 Å². The summed E-state index contributed by atoms with van der Waals surface area (Å²) >= 11 is -1.79. The smallest absolute Gasteiger partial charge is 0 e. The molecule has 317 valence electrons. The molecule has 9 rings (SSSR count). The number of nitrogens with zero attached hydrogens (tertiary/aromatic N) is 3. The molecule has 0 amide bonds. The Hall–Kier alpha value is -5.14. The number of hydrogen-bond donors (Lipinski definition) is 0. The van der Waals surface area contributed by atoms with Crippen molar-refractivity contribution in [1.82, 2.24) is 14.5 Å². The SMILES string of the molecule is CC(C)c1cc(C(C)(C)C)cc(C(C)C)c1-n1c(-c2[c-]c3oc4ccccc4c3c(-c3ccccc3)c2)nc2ccccc21.[CH3][Ge]([CH3])([CH3])[c]1ccc(-c2[c-]cc(F)cc2)nc1.[Ir]. The average Bonchev–Trinajstić information content (AvgIpc) is 3.82. The van der Waals surface area contributed by atoms with E-state index in [0.717, 1.165) is 66.7 Å². The van der Waals surface area contributed by atoms with Crippen LogP contribution in [-0.4, -0.2) is 27.8 Å². The number of imidazole rings is 1. The summed E-state index contributed by atoms with van der Waals surface area (Å²) in [5.41, 5.74) is 13.8. The summed E-state index contributed by atoms with van der Waals surface area (Å²) in [6, 6.07) is 49.6. The summed E-state index contributed by atoms with van der Waals surface area (Å²) < 4.78 is 23.0. The number of benzene rings is 6. The molecule has 0 bridgehead atoms. The predicted molar refractivity (Wildman–Crippen MR) is 256 cm³/mol. The van der Waals surface area contributed by atoms with E-state index in [9.17, 15) is 4.39 Å². The van der Waals surface area contributed by atoms with E-state index >= 15 is 0 Å². The van der Waals surface area contributed by atoms with E-state index in [1.54, 1.807) is 6.07 Å². The Morgan fingerprint density at radius 2 is 1.40 bits per heavy atom. The molecule has 3 heterocycles. The van der Waals surface area contributed by atoms with Crippen molar-refractivity contribution in [3.8, 4) is 39.5 Å². The first-order chi connectivity index (χ1) is 29.1. The van der Waals surface area contributed by atoms with Crippen LogP contribution >= 0.6 is 0 Å². The number of fused-ring (bicyclic) bond motifs is 4. The van der Waals surface area contributed by atoms with E-state index in [0.29, 0.717) is 11.8 Å². The van der Waals surface area contributed by atoms with Crippen molar-refractivity contribution in [2.75, 3.05) is 0 Å². The summed E-state index contributed by atoms with van der Waals surface area (Å²) in [6.45, 7) is 16.1. The van der Waals surface area contributed by atoms with E-state index in [-0.39, 0.29) is 31.3 Å². The topological polar surface area (TPSA) is 43.9 Å². The molecule has 0 fully saturated rings. The minimum atomic E-state index is -1.79. The van der Waals surface area contributed by atoms with Gasteiger partial charge in [0.2, 0.25) is 0 Å². The minimum Gasteiger partial charge on any atom is 0 e. The van der Waals surface area contributed by atoms with Crippen LogP contribution in [0.4, 0.5) is 4.39 Å². The van der Waals surface area contributed by atoms with Crippen molar-refractivity contribution < 1.29 is 28.9 Å². The Kier molecular flexibility index (Phi) is 13.0. The average molecular weight is 1060 g/mol. The van der Waals surface area contributed by atoms with Gasteiger partial charge in [-0.25, -0.2) is 0 Å². The Morgan fingerprint density at radius 1 is 0.742 bits per heavy atom. The Balaban J connectivity index is 0.000000270. The van der Waals surface area contributed by atoms with Crippen molar-refractivity contribution in [2.24, 2.45) is 0 Å². The van der Waals surface area contributed by atoms with E-state index < -0.39 is 13.3 Å². The zero-order valence-electron chi connectivity index (χ0n) is 37.3. The zero-order valence-corrected chi connectivity index (χ0v) is 41.8. The fourth-order valence-electron chi connectivity index (χ4n) is 7.99. The van der Waals surface area contributed by atoms with Gasteiger partial charge in [0, 0.05) is 25.8 Å². The van der Waals surface area contributed by atoms with E-state index in [4.69, 9.17) is 9.40 Å². The minimum absolute atomic E-state index is 0. The molecule has 0 N–H and O–H groups in total. The largest absolute Gasteiger partial charge is 0 e. The zero-order chi connectivity index (χ0) is 43.2. The second-order valence-corrected chi connectivity index (χ2v) is 29.3. The molecule has 0 spiro atoms. The van der Waals surface area contributed by atoms with Gasteiger partial charge in [0.25, 0.3) is 0 Å². The van der Waals surface area contributed by atoms with Crippen molar-refractivity contribution in [3.63, 3.8) is 0 Å². The third-order valence-corrected chi connectivity index (χ3v) is 15.7. The van der Waals surface area contributed by atoms with Crippen LogP contribution in [-0.2, 0) is 25.5 Å². The van der Waals surface area contributed by atoms with Gasteiger partial charge in [-0.05, 0) is 68.5 Å². The van der Waals surface area contributed by atoms with Gasteiger partial charge in [0.05, 0.1) is 22.4 Å². The molecule has 3 aromatic heterocycles. The van der Waals surface area contributed by atoms with E-state index in [2.05, 4.69) is 178 Å². The van der Waals surface area contributed by atoms with Gasteiger partial charge < -0.3 is 8.98 Å². The van der Waals surface area contributed by atoms with Gasteiger partial charge in [0.15, 0.2) is 0 Å². The van der Waals surface area contributed by atoms with Crippen molar-refractivity contribution >= 4 is 50.6 Å². The molecule has 0 aliphatic heterocycles. The third-order valence-electron chi connectivity index (χ3n) is 11.5. The second kappa shape index (κ2) is 17.9. The first-order valence-electron chi connectivity index (χ1n) is 21.3. The van der Waals surface area contributed by atoms with Crippen LogP contribution in [0.1, 0.15) is 77.0 Å². The Labute approximate surface area is 382 Å². The summed E-state index contributed by atoms with van der Waals surface area (Å²) in [4.78, 5) is 9.76. The molecular formula is C55H54FGeIrN3O-2. The fraction of sp³-hybridized carbons (Fsp3) is 0.236. The molecule has 1 radical (unpaired) electrons. The molecule has 62 heavy (non-hydrogen) atoms. The maximum Gasteiger partial charge on any atom is 0 e. The molecule has 0 aliphatic rings. The number of para-hydroxylation sites is 3. The maximum absolute atomic E-state index is 12.8. The monoisotopic (exact) mass is 1060 g/mol. The number of pyridine rings is 1. The summed E-state index contributed by atoms with van der Waals surface area (Å²) in [6.07, 6.45) is 1.95.